The normalized spacial score (nSPS) is 16.0. The Morgan fingerprint density at radius 1 is 0.778 bits per heavy atom. The summed E-state index contributed by atoms with van der Waals surface area (Å²) in [4.78, 5) is 4.42. The molecule has 6 heteroatoms. The van der Waals surface area contributed by atoms with Crippen molar-refractivity contribution in [3.05, 3.63) is 102 Å². The molecule has 0 bridgehead atoms. The van der Waals surface area contributed by atoms with Crippen molar-refractivity contribution in [3.8, 4) is 6.07 Å². The minimum atomic E-state index is -2.27. The molecule has 1 aromatic heterocycles. The summed E-state index contributed by atoms with van der Waals surface area (Å²) in [5, 5.41) is 11.1. The van der Waals surface area contributed by atoms with Crippen molar-refractivity contribution in [2.45, 2.75) is 76.2 Å². The molecule has 0 spiro atoms. The summed E-state index contributed by atoms with van der Waals surface area (Å²) in [5.74, 6) is 0. The monoisotopic (exact) mass is 516 g/mol. The smallest absolute Gasteiger partial charge is 0.193 e. The summed E-state index contributed by atoms with van der Waals surface area (Å²) in [7, 11) is -4.44. The lowest BCUT2D eigenvalue weighted by Crippen LogP contribution is -2.53. The van der Waals surface area contributed by atoms with Crippen molar-refractivity contribution in [3.63, 3.8) is 0 Å². The van der Waals surface area contributed by atoms with Gasteiger partial charge in [-0.05, 0) is 60.5 Å². The minimum absolute atomic E-state index is 0.0138. The Balaban J connectivity index is 2.38. The zero-order chi connectivity index (χ0) is 26.6. The number of nitrogens with zero attached hydrogens (tertiary/aromatic N) is 2. The van der Waals surface area contributed by atoms with Gasteiger partial charge in [0, 0.05) is 12.4 Å². The van der Waals surface area contributed by atoms with Crippen LogP contribution in [0.25, 0.3) is 0 Å². The summed E-state index contributed by atoms with van der Waals surface area (Å²) < 4.78 is 14.3. The zero-order valence-corrected chi connectivity index (χ0v) is 24.9. The fourth-order valence-corrected chi connectivity index (χ4v) is 6.49. The summed E-state index contributed by atoms with van der Waals surface area (Å²) >= 11 is 0. The quantitative estimate of drug-likeness (QED) is 0.271. The maximum absolute atomic E-state index is 11.1. The van der Waals surface area contributed by atoms with Crippen molar-refractivity contribution in [1.82, 2.24) is 4.98 Å². The second-order valence-corrected chi connectivity index (χ2v) is 21.1. The molecule has 0 N–H and O–H groups in total. The molecule has 36 heavy (non-hydrogen) atoms. The highest BCUT2D eigenvalue weighted by molar-refractivity contribution is 6.74. The highest BCUT2D eigenvalue weighted by Gasteiger charge is 2.52. The first-order valence-electron chi connectivity index (χ1n) is 12.6. The van der Waals surface area contributed by atoms with Crippen LogP contribution in [0.15, 0.2) is 85.2 Å². The maximum Gasteiger partial charge on any atom is 0.193 e. The predicted molar refractivity (Wildman–Crippen MR) is 153 cm³/mol. The second kappa shape index (κ2) is 10.8. The van der Waals surface area contributed by atoms with Gasteiger partial charge >= 0.3 is 0 Å². The van der Waals surface area contributed by atoms with Crippen molar-refractivity contribution in [2.75, 3.05) is 0 Å². The van der Waals surface area contributed by atoms with E-state index in [2.05, 4.69) is 76.7 Å². The number of aromatic nitrogens is 1. The van der Waals surface area contributed by atoms with Gasteiger partial charge in [0.15, 0.2) is 16.6 Å². The average molecular weight is 517 g/mol. The first-order chi connectivity index (χ1) is 16.8. The molecule has 4 nitrogen and oxygen atoms in total. The number of hydrogen-bond donors (Lipinski definition) is 0. The maximum atomic E-state index is 11.1. The van der Waals surface area contributed by atoms with Gasteiger partial charge in [-0.3, -0.25) is 4.98 Å². The summed E-state index contributed by atoms with van der Waals surface area (Å²) in [6.45, 7) is 17.8. The third-order valence-corrected chi connectivity index (χ3v) is 12.5. The molecule has 0 radical (unpaired) electrons. The van der Waals surface area contributed by atoms with Gasteiger partial charge in [0.2, 0.25) is 0 Å². The lowest BCUT2D eigenvalue weighted by Gasteiger charge is -2.47. The Bertz CT molecular complexity index is 1110. The third kappa shape index (κ3) is 6.04. The molecule has 3 rings (SSSR count). The van der Waals surface area contributed by atoms with E-state index in [9.17, 15) is 5.26 Å². The van der Waals surface area contributed by atoms with Crippen molar-refractivity contribution >= 4 is 16.6 Å². The number of hydrogen-bond acceptors (Lipinski definition) is 4. The van der Waals surface area contributed by atoms with E-state index in [1.54, 1.807) is 12.4 Å². The fraction of sp³-hybridized carbons (Fsp3) is 0.400. The number of benzene rings is 2. The van der Waals surface area contributed by atoms with Gasteiger partial charge in [0.1, 0.15) is 11.5 Å². The first-order valence-corrected chi connectivity index (χ1v) is 18.9. The van der Waals surface area contributed by atoms with Crippen molar-refractivity contribution in [1.29, 1.82) is 5.26 Å². The van der Waals surface area contributed by atoms with Crippen LogP contribution in [0.2, 0.25) is 37.8 Å². The molecule has 0 amide bonds. The van der Waals surface area contributed by atoms with Crippen molar-refractivity contribution < 1.29 is 8.85 Å². The Hall–Kier alpha value is -2.57. The van der Waals surface area contributed by atoms with Gasteiger partial charge in [-0.1, -0.05) is 87.5 Å². The molecule has 0 aliphatic carbocycles. The third-order valence-electron chi connectivity index (χ3n) is 7.06. The van der Waals surface area contributed by atoms with Gasteiger partial charge in [-0.2, -0.15) is 5.26 Å². The molecule has 0 fully saturated rings. The number of pyridine rings is 1. The van der Waals surface area contributed by atoms with Gasteiger partial charge in [-0.15, -0.1) is 0 Å². The van der Waals surface area contributed by atoms with E-state index < -0.39 is 34.3 Å². The average Bonchev–Trinajstić information content (AvgIpc) is 2.83. The van der Waals surface area contributed by atoms with Crippen LogP contribution in [0.5, 0.6) is 0 Å². The van der Waals surface area contributed by atoms with E-state index in [0.29, 0.717) is 0 Å². The Labute approximate surface area is 219 Å². The molecule has 3 aromatic rings. The molecule has 3 atom stereocenters. The molecule has 2 aromatic carbocycles. The largest absolute Gasteiger partial charge is 0.409 e. The molecule has 190 valence electrons. The van der Waals surface area contributed by atoms with Crippen LogP contribution in [0, 0.1) is 11.3 Å². The molecule has 1 heterocycles. The lowest BCUT2D eigenvalue weighted by molar-refractivity contribution is 0.0120. The van der Waals surface area contributed by atoms with Crippen LogP contribution < -0.4 is 0 Å². The number of rotatable bonds is 9. The standard InChI is InChI=1S/C30H40N2O2Si2/c1-29(2,3)36(7,8)33-27(24-16-11-9-12-17-24)28(34-35(4,5)6)30(23-31,25-18-13-10-14-19-25)26-20-15-21-32-22-26/h9-22,27-28H,1-8H3/t27-,28+,30-/m0/s1. The molecule has 0 saturated heterocycles. The highest BCUT2D eigenvalue weighted by Crippen LogP contribution is 2.48. The summed E-state index contributed by atoms with van der Waals surface area (Å²) in [5.41, 5.74) is 1.58. The molecule has 0 aliphatic heterocycles. The Kier molecular flexibility index (Phi) is 8.42. The van der Waals surface area contributed by atoms with Gasteiger partial charge in [0.05, 0.1) is 12.2 Å². The van der Waals surface area contributed by atoms with Gasteiger partial charge in [0.25, 0.3) is 0 Å². The van der Waals surface area contributed by atoms with Crippen LogP contribution in [-0.4, -0.2) is 27.7 Å². The summed E-state index contributed by atoms with van der Waals surface area (Å²) in [6, 6.07) is 26.8. The highest BCUT2D eigenvalue weighted by atomic mass is 28.4. The van der Waals surface area contributed by atoms with E-state index in [4.69, 9.17) is 8.85 Å². The van der Waals surface area contributed by atoms with E-state index >= 15 is 0 Å². The second-order valence-electron chi connectivity index (χ2n) is 11.9. The molecule has 0 aliphatic rings. The fourth-order valence-electron chi connectivity index (χ4n) is 4.18. The Morgan fingerprint density at radius 3 is 1.81 bits per heavy atom. The molecule has 0 saturated carbocycles. The van der Waals surface area contributed by atoms with E-state index in [1.165, 1.54) is 0 Å². The van der Waals surface area contributed by atoms with E-state index in [-0.39, 0.29) is 5.04 Å². The number of nitriles is 1. The molecular weight excluding hydrogens is 477 g/mol. The van der Waals surface area contributed by atoms with E-state index in [0.717, 1.165) is 16.7 Å². The van der Waals surface area contributed by atoms with E-state index in [1.807, 2.05) is 60.7 Å². The first kappa shape index (κ1) is 28.0. The topological polar surface area (TPSA) is 55.1 Å². The van der Waals surface area contributed by atoms with Crippen LogP contribution in [-0.2, 0) is 14.3 Å². The van der Waals surface area contributed by atoms with Crippen LogP contribution in [0.4, 0.5) is 0 Å². The molecular formula is C30H40N2O2Si2. The van der Waals surface area contributed by atoms with Crippen LogP contribution >= 0.6 is 0 Å². The Morgan fingerprint density at radius 2 is 1.33 bits per heavy atom. The van der Waals surface area contributed by atoms with Gasteiger partial charge in [-0.25, -0.2) is 0 Å². The lowest BCUT2D eigenvalue weighted by atomic mass is 9.69. The SMILES string of the molecule is CC(C)(C)[Si](C)(C)O[C@@H](c1ccccc1)[C@@H](O[Si](C)(C)C)[C@@](C#N)(c1ccccc1)c1cccnc1. The van der Waals surface area contributed by atoms with Gasteiger partial charge < -0.3 is 8.85 Å². The van der Waals surface area contributed by atoms with Crippen LogP contribution in [0.1, 0.15) is 43.6 Å². The molecule has 0 unspecified atom stereocenters. The minimum Gasteiger partial charge on any atom is -0.409 e. The summed E-state index contributed by atoms with van der Waals surface area (Å²) in [6.07, 6.45) is 2.51. The predicted octanol–water partition coefficient (Wildman–Crippen LogP) is 7.87. The van der Waals surface area contributed by atoms with Crippen LogP contribution in [0.3, 0.4) is 0 Å². The zero-order valence-electron chi connectivity index (χ0n) is 22.9. The van der Waals surface area contributed by atoms with Crippen molar-refractivity contribution in [2.24, 2.45) is 0 Å².